The molecule has 1 fully saturated rings. The fraction of sp³-hybridized carbons (Fsp3) is 0.438. The lowest BCUT2D eigenvalue weighted by atomic mass is 9.83. The van der Waals surface area contributed by atoms with Crippen LogP contribution in [0.5, 0.6) is 5.75 Å². The third kappa shape index (κ3) is 8.25. The third-order valence-corrected chi connectivity index (χ3v) is 7.87. The normalized spacial score (nSPS) is 24.3. The molecule has 9 nitrogen and oxygen atoms in total. The first-order valence-electron chi connectivity index (χ1n) is 14.5. The largest absolute Gasteiger partial charge is 0.492 e. The second kappa shape index (κ2) is 15.3. The van der Waals surface area contributed by atoms with Crippen molar-refractivity contribution >= 4 is 30.1 Å². The van der Waals surface area contributed by atoms with E-state index < -0.39 is 35.8 Å². The number of rotatable bonds is 4. The van der Waals surface area contributed by atoms with Gasteiger partial charge in [-0.05, 0) is 42.5 Å². The molecule has 10 heteroatoms. The van der Waals surface area contributed by atoms with Gasteiger partial charge in [0.15, 0.2) is 12.3 Å². The predicted octanol–water partition coefficient (Wildman–Crippen LogP) is 2.64. The minimum absolute atomic E-state index is 0.0573. The highest BCUT2D eigenvalue weighted by molar-refractivity contribution is 6.01. The molecule has 1 saturated carbocycles. The first-order chi connectivity index (χ1) is 20.4. The van der Waals surface area contributed by atoms with Crippen LogP contribution < -0.4 is 20.7 Å². The summed E-state index contributed by atoms with van der Waals surface area (Å²) in [6, 6.07) is 10.0. The monoisotopic (exact) mass is 578 g/mol. The average molecular weight is 579 g/mol. The Balaban J connectivity index is 1.62. The second-order valence-electron chi connectivity index (χ2n) is 10.8. The summed E-state index contributed by atoms with van der Waals surface area (Å²) >= 11 is 0. The van der Waals surface area contributed by atoms with Gasteiger partial charge in [-0.2, -0.15) is 0 Å². The standard InChI is InChI=1S/C32H39FN4O5/c1-37-27(21-38)31(40)36-26(20-22-13-15-25(33)16-14-22)30(39)35-17-7-11-23-8-5-6-12-28(23)42-19-18-34-29(32(37)41)24-9-3-2-4-10-24/h5-8,11-16,21,24,26-27,29,34H,2-4,9-10,17-20H2,1H3,(H,35,39)(H,36,40)/b11-7+/t26-,27+,29+/m1/s1. The smallest absolute Gasteiger partial charge is 0.250 e. The molecule has 0 radical (unpaired) electrons. The summed E-state index contributed by atoms with van der Waals surface area (Å²) in [7, 11) is 1.43. The molecule has 1 aliphatic carbocycles. The van der Waals surface area contributed by atoms with Crippen molar-refractivity contribution in [3.05, 3.63) is 71.6 Å². The molecule has 3 amide bonds. The van der Waals surface area contributed by atoms with Crippen LogP contribution in [-0.2, 0) is 25.6 Å². The topological polar surface area (TPSA) is 117 Å². The summed E-state index contributed by atoms with van der Waals surface area (Å²) < 4.78 is 19.5. The maximum atomic E-state index is 13.8. The molecule has 4 rings (SSSR count). The molecule has 0 aromatic heterocycles. The first-order valence-corrected chi connectivity index (χ1v) is 14.5. The highest BCUT2D eigenvalue weighted by atomic mass is 19.1. The molecule has 0 spiro atoms. The number of halogens is 1. The number of carbonyl (C=O) groups is 4. The molecule has 0 saturated heterocycles. The number of nitrogens with one attached hydrogen (secondary N) is 3. The fourth-order valence-corrected chi connectivity index (χ4v) is 5.52. The number of ether oxygens (including phenoxy) is 1. The van der Waals surface area contributed by atoms with Crippen LogP contribution in [-0.4, -0.2) is 73.8 Å². The molecule has 1 heterocycles. The van der Waals surface area contributed by atoms with Crippen LogP contribution in [0.25, 0.3) is 6.08 Å². The molecule has 1 aliphatic heterocycles. The number of hydrogen-bond donors (Lipinski definition) is 3. The van der Waals surface area contributed by atoms with Crippen molar-refractivity contribution in [1.82, 2.24) is 20.9 Å². The Hall–Kier alpha value is -4.05. The van der Waals surface area contributed by atoms with Gasteiger partial charge in [0.1, 0.15) is 24.2 Å². The van der Waals surface area contributed by atoms with Crippen LogP contribution in [0.4, 0.5) is 4.39 Å². The Labute approximate surface area is 245 Å². The van der Waals surface area contributed by atoms with Crippen LogP contribution >= 0.6 is 0 Å². The van der Waals surface area contributed by atoms with Crippen LogP contribution in [0.2, 0.25) is 0 Å². The number of fused-ring (bicyclic) bond motifs is 1. The third-order valence-electron chi connectivity index (χ3n) is 7.87. The van der Waals surface area contributed by atoms with Crippen molar-refractivity contribution in [2.75, 3.05) is 26.7 Å². The number of hydrogen-bond acceptors (Lipinski definition) is 6. The molecule has 3 atom stereocenters. The van der Waals surface area contributed by atoms with Crippen molar-refractivity contribution in [2.45, 2.75) is 56.7 Å². The van der Waals surface area contributed by atoms with Crippen molar-refractivity contribution in [2.24, 2.45) is 5.92 Å². The Morgan fingerprint density at radius 1 is 1.00 bits per heavy atom. The van der Waals surface area contributed by atoms with E-state index in [0.717, 1.165) is 42.6 Å². The van der Waals surface area contributed by atoms with Gasteiger partial charge in [-0.25, -0.2) is 4.39 Å². The number of nitrogens with zero attached hydrogens (tertiary/aromatic N) is 1. The number of para-hydroxylation sites is 1. The highest BCUT2D eigenvalue weighted by Gasteiger charge is 2.36. The molecule has 0 unspecified atom stereocenters. The van der Waals surface area contributed by atoms with Crippen LogP contribution in [0.3, 0.4) is 0 Å². The molecule has 42 heavy (non-hydrogen) atoms. The molecule has 2 aliphatic rings. The Kier molecular flexibility index (Phi) is 11.2. The minimum Gasteiger partial charge on any atom is -0.492 e. The van der Waals surface area contributed by atoms with E-state index in [-0.39, 0.29) is 24.8 Å². The summed E-state index contributed by atoms with van der Waals surface area (Å²) in [5.41, 5.74) is 1.45. The van der Waals surface area contributed by atoms with E-state index in [1.807, 2.05) is 30.3 Å². The summed E-state index contributed by atoms with van der Waals surface area (Å²) in [6.45, 7) is 0.875. The molecular weight excluding hydrogens is 539 g/mol. The lowest BCUT2D eigenvalue weighted by Gasteiger charge is -2.34. The van der Waals surface area contributed by atoms with Gasteiger partial charge in [0.2, 0.25) is 11.8 Å². The van der Waals surface area contributed by atoms with E-state index in [9.17, 15) is 23.6 Å². The predicted molar refractivity (Wildman–Crippen MR) is 157 cm³/mol. The van der Waals surface area contributed by atoms with Gasteiger partial charge in [0.05, 0.1) is 6.04 Å². The van der Waals surface area contributed by atoms with Gasteiger partial charge in [-0.15, -0.1) is 0 Å². The van der Waals surface area contributed by atoms with E-state index in [1.165, 1.54) is 31.3 Å². The highest BCUT2D eigenvalue weighted by Crippen LogP contribution is 2.28. The maximum absolute atomic E-state index is 13.8. The van der Waals surface area contributed by atoms with Gasteiger partial charge in [-0.1, -0.05) is 61.7 Å². The van der Waals surface area contributed by atoms with E-state index in [1.54, 1.807) is 6.08 Å². The van der Waals surface area contributed by atoms with E-state index >= 15 is 0 Å². The van der Waals surface area contributed by atoms with Crippen molar-refractivity contribution in [1.29, 1.82) is 0 Å². The Morgan fingerprint density at radius 2 is 1.74 bits per heavy atom. The average Bonchev–Trinajstić information content (AvgIpc) is 3.00. The Morgan fingerprint density at radius 3 is 2.48 bits per heavy atom. The van der Waals surface area contributed by atoms with E-state index in [2.05, 4.69) is 16.0 Å². The Bertz CT molecular complexity index is 1260. The van der Waals surface area contributed by atoms with Gasteiger partial charge >= 0.3 is 0 Å². The molecule has 2 aromatic carbocycles. The SMILES string of the molecule is CN1C(=O)[C@H](C2CCCCC2)NCCOc2ccccc2/C=C/CNC(=O)[C@@H](Cc2ccc(F)cc2)NC(=O)[C@@H]1C=O. The molecule has 0 bridgehead atoms. The zero-order valence-corrected chi connectivity index (χ0v) is 23.9. The summed E-state index contributed by atoms with van der Waals surface area (Å²) in [6.07, 6.45) is 8.95. The van der Waals surface area contributed by atoms with Crippen LogP contribution in [0.15, 0.2) is 54.6 Å². The lowest BCUT2D eigenvalue weighted by Crippen LogP contribution is -2.59. The van der Waals surface area contributed by atoms with E-state index in [0.29, 0.717) is 30.8 Å². The van der Waals surface area contributed by atoms with Gasteiger partial charge in [0, 0.05) is 32.1 Å². The lowest BCUT2D eigenvalue weighted by molar-refractivity contribution is -0.145. The zero-order valence-electron chi connectivity index (χ0n) is 23.9. The van der Waals surface area contributed by atoms with Crippen molar-refractivity contribution in [3.8, 4) is 5.75 Å². The second-order valence-corrected chi connectivity index (χ2v) is 10.8. The number of benzene rings is 2. The molecule has 3 N–H and O–H groups in total. The summed E-state index contributed by atoms with van der Waals surface area (Å²) in [4.78, 5) is 53.7. The number of amides is 3. The van der Waals surface area contributed by atoms with Gasteiger partial charge < -0.3 is 30.4 Å². The van der Waals surface area contributed by atoms with Crippen molar-refractivity contribution < 1.29 is 28.3 Å². The van der Waals surface area contributed by atoms with Crippen LogP contribution in [0, 0.1) is 11.7 Å². The van der Waals surface area contributed by atoms with Gasteiger partial charge in [-0.3, -0.25) is 14.4 Å². The summed E-state index contributed by atoms with van der Waals surface area (Å²) in [5, 5.41) is 8.79. The quantitative estimate of drug-likeness (QED) is 0.380. The fourth-order valence-electron chi connectivity index (χ4n) is 5.52. The first kappa shape index (κ1) is 30.9. The minimum atomic E-state index is -1.43. The zero-order chi connectivity index (χ0) is 29.9. The molecule has 2 aromatic rings. The number of aldehydes is 1. The van der Waals surface area contributed by atoms with E-state index in [4.69, 9.17) is 4.74 Å². The van der Waals surface area contributed by atoms with Crippen molar-refractivity contribution in [3.63, 3.8) is 0 Å². The number of carbonyl (C=O) groups excluding carboxylic acids is 4. The summed E-state index contributed by atoms with van der Waals surface area (Å²) in [5.74, 6) is -1.31. The van der Waals surface area contributed by atoms with Gasteiger partial charge in [0.25, 0.3) is 5.91 Å². The maximum Gasteiger partial charge on any atom is 0.250 e. The number of likely N-dealkylation sites (N-methyl/N-ethyl adjacent to an activating group) is 1. The molecule has 224 valence electrons. The molecular formula is C32H39FN4O5. The van der Waals surface area contributed by atoms with Crippen LogP contribution in [0.1, 0.15) is 43.2 Å².